The molecule has 0 fully saturated rings. The first-order valence-electron chi connectivity index (χ1n) is 3.41. The van der Waals surface area contributed by atoms with Crippen LogP contribution < -0.4 is 0 Å². The van der Waals surface area contributed by atoms with Crippen LogP contribution in [-0.2, 0) is 0 Å². The highest BCUT2D eigenvalue weighted by molar-refractivity contribution is 14.1. The summed E-state index contributed by atoms with van der Waals surface area (Å²) in [5.74, 6) is 5.17. The molecule has 12 heavy (non-hydrogen) atoms. The Kier molecular flexibility index (Phi) is 3.13. The maximum atomic E-state index is 8.26. The molecule has 0 spiro atoms. The van der Waals surface area contributed by atoms with Gasteiger partial charge in [-0.3, -0.25) is 0 Å². The van der Waals surface area contributed by atoms with Crippen LogP contribution in [0.3, 0.4) is 0 Å². The summed E-state index contributed by atoms with van der Waals surface area (Å²) in [7, 11) is 0. The fourth-order valence-electron chi connectivity index (χ4n) is 0.839. The van der Waals surface area contributed by atoms with Gasteiger partial charge in [0.25, 0.3) is 0 Å². The Morgan fingerprint density at radius 2 is 2.17 bits per heavy atom. The van der Waals surface area contributed by atoms with Crippen LogP contribution in [0.15, 0.2) is 18.2 Å². The lowest BCUT2D eigenvalue weighted by atomic mass is 10.1. The summed E-state index contributed by atoms with van der Waals surface area (Å²) >= 11 is 2.23. The van der Waals surface area contributed by atoms with Crippen LogP contribution in [0.2, 0.25) is 0 Å². The molecule has 0 heterocycles. The van der Waals surface area contributed by atoms with Crippen molar-refractivity contribution in [2.24, 2.45) is 0 Å². The predicted octanol–water partition coefficient (Wildman–Crippen LogP) is 2.47. The van der Waals surface area contributed by atoms with Crippen molar-refractivity contribution in [3.63, 3.8) is 0 Å². The average molecular weight is 267 g/mol. The van der Waals surface area contributed by atoms with E-state index < -0.39 is 0 Å². The van der Waals surface area contributed by atoms with Gasteiger partial charge in [-0.25, -0.2) is 0 Å². The van der Waals surface area contributed by atoms with E-state index >= 15 is 0 Å². The van der Waals surface area contributed by atoms with Gasteiger partial charge >= 0.3 is 0 Å². The van der Waals surface area contributed by atoms with E-state index in [9.17, 15) is 0 Å². The molecule has 0 amide bonds. The van der Waals surface area contributed by atoms with Crippen LogP contribution in [-0.4, -0.2) is 0 Å². The van der Waals surface area contributed by atoms with E-state index in [0.29, 0.717) is 0 Å². The highest BCUT2D eigenvalue weighted by Crippen LogP contribution is 2.15. The highest BCUT2D eigenvalue weighted by atomic mass is 127. The molecule has 0 radical (unpaired) electrons. The first kappa shape index (κ1) is 9.09. The molecule has 1 aromatic rings. The van der Waals surface area contributed by atoms with Crippen molar-refractivity contribution >= 4 is 22.6 Å². The van der Waals surface area contributed by atoms with Gasteiger partial charge in [-0.1, -0.05) is 12.1 Å². The van der Waals surface area contributed by atoms with Crippen molar-refractivity contribution in [2.45, 2.75) is 6.92 Å². The van der Waals surface area contributed by atoms with Crippen molar-refractivity contribution in [3.05, 3.63) is 32.9 Å². The van der Waals surface area contributed by atoms with E-state index in [0.717, 1.165) is 9.13 Å². The quantitative estimate of drug-likeness (QED) is 0.523. The number of hydrogen-bond donors (Lipinski definition) is 0. The smallest absolute Gasteiger partial charge is 0.152 e. The third-order valence-corrected chi connectivity index (χ3v) is 2.88. The minimum Gasteiger partial charge on any atom is -0.183 e. The monoisotopic (exact) mass is 267 g/mol. The standard InChI is InChI=1S/C10H6IN/c1-8-4-2-5-9(10(8)11)6-3-7-12/h2,4-5H,1H3. The summed E-state index contributed by atoms with van der Waals surface area (Å²) in [6.45, 7) is 2.03. The lowest BCUT2D eigenvalue weighted by Gasteiger charge is -1.98. The lowest BCUT2D eigenvalue weighted by Crippen LogP contribution is -1.84. The molecule has 58 valence electrons. The van der Waals surface area contributed by atoms with Gasteiger partial charge in [-0.05, 0) is 47.1 Å². The van der Waals surface area contributed by atoms with Crippen molar-refractivity contribution < 1.29 is 0 Å². The highest BCUT2D eigenvalue weighted by Gasteiger charge is 1.97. The molecule has 1 nitrogen and oxygen atoms in total. The Morgan fingerprint density at radius 1 is 1.42 bits per heavy atom. The van der Waals surface area contributed by atoms with E-state index in [-0.39, 0.29) is 0 Å². The molecule has 0 atom stereocenters. The van der Waals surface area contributed by atoms with Crippen molar-refractivity contribution in [2.75, 3.05) is 0 Å². The van der Waals surface area contributed by atoms with Gasteiger partial charge in [0.1, 0.15) is 0 Å². The van der Waals surface area contributed by atoms with E-state index in [1.54, 1.807) is 6.07 Å². The molecule has 0 aromatic heterocycles. The molecule has 0 N–H and O–H groups in total. The van der Waals surface area contributed by atoms with Gasteiger partial charge in [0.05, 0.1) is 0 Å². The second-order valence-electron chi connectivity index (χ2n) is 2.30. The molecule has 0 saturated carbocycles. The molecule has 1 aromatic carbocycles. The zero-order valence-electron chi connectivity index (χ0n) is 6.56. The molecule has 2 heteroatoms. The number of halogens is 1. The summed E-state index contributed by atoms with van der Waals surface area (Å²) < 4.78 is 1.12. The Hall–Kier alpha value is -1.00. The van der Waals surface area contributed by atoms with Crippen LogP contribution >= 0.6 is 22.6 Å². The van der Waals surface area contributed by atoms with Gasteiger partial charge in [0.2, 0.25) is 0 Å². The fraction of sp³-hybridized carbons (Fsp3) is 0.100. The Balaban J connectivity index is 3.19. The number of rotatable bonds is 0. The Labute approximate surface area is 85.5 Å². The SMILES string of the molecule is Cc1cccc(C#CC#N)c1I. The molecule has 1 rings (SSSR count). The first-order valence-corrected chi connectivity index (χ1v) is 4.49. The number of aryl methyl sites for hydroxylation is 1. The topological polar surface area (TPSA) is 23.8 Å². The number of nitrogens with zero attached hydrogens (tertiary/aromatic N) is 1. The fourth-order valence-corrected chi connectivity index (χ4v) is 1.33. The van der Waals surface area contributed by atoms with Gasteiger partial charge < -0.3 is 0 Å². The minimum atomic E-state index is 0.928. The van der Waals surface area contributed by atoms with Gasteiger partial charge in [-0.2, -0.15) is 5.26 Å². The molecular formula is C10H6IN. The molecular weight excluding hydrogens is 261 g/mol. The van der Waals surface area contributed by atoms with Crippen LogP contribution in [0.4, 0.5) is 0 Å². The summed E-state index contributed by atoms with van der Waals surface area (Å²) in [6.07, 6.45) is 0. The van der Waals surface area contributed by atoms with Crippen molar-refractivity contribution in [1.82, 2.24) is 0 Å². The Bertz CT molecular complexity index is 391. The average Bonchev–Trinajstić information content (AvgIpc) is 2.08. The van der Waals surface area contributed by atoms with Crippen molar-refractivity contribution in [3.8, 4) is 17.9 Å². The molecule has 0 aliphatic rings. The third-order valence-electron chi connectivity index (χ3n) is 1.44. The van der Waals surface area contributed by atoms with Crippen LogP contribution in [0.25, 0.3) is 0 Å². The normalized spacial score (nSPS) is 8.08. The summed E-state index contributed by atoms with van der Waals surface area (Å²) in [5.41, 5.74) is 2.12. The van der Waals surface area contributed by atoms with Gasteiger partial charge in [-0.15, -0.1) is 0 Å². The maximum Gasteiger partial charge on any atom is 0.152 e. The summed E-state index contributed by atoms with van der Waals surface area (Å²) in [5, 5.41) is 8.26. The van der Waals surface area contributed by atoms with Crippen LogP contribution in [0.1, 0.15) is 11.1 Å². The zero-order chi connectivity index (χ0) is 8.97. The number of benzene rings is 1. The molecule has 0 saturated heterocycles. The minimum absolute atomic E-state index is 0.928. The number of nitriles is 1. The van der Waals surface area contributed by atoms with Crippen LogP contribution in [0.5, 0.6) is 0 Å². The lowest BCUT2D eigenvalue weighted by molar-refractivity contribution is 1.41. The zero-order valence-corrected chi connectivity index (χ0v) is 8.71. The molecule has 0 aliphatic carbocycles. The molecule has 0 aliphatic heterocycles. The van der Waals surface area contributed by atoms with Crippen LogP contribution in [0, 0.1) is 33.7 Å². The maximum absolute atomic E-state index is 8.26. The first-order chi connectivity index (χ1) is 5.75. The Morgan fingerprint density at radius 3 is 2.83 bits per heavy atom. The van der Waals surface area contributed by atoms with E-state index in [1.165, 1.54) is 5.56 Å². The second-order valence-corrected chi connectivity index (χ2v) is 3.38. The molecule has 0 bridgehead atoms. The predicted molar refractivity (Wildman–Crippen MR) is 56.4 cm³/mol. The third kappa shape index (κ3) is 1.99. The number of hydrogen-bond acceptors (Lipinski definition) is 1. The van der Waals surface area contributed by atoms with Gasteiger partial charge in [0, 0.05) is 15.1 Å². The van der Waals surface area contributed by atoms with Gasteiger partial charge in [0.15, 0.2) is 6.07 Å². The van der Waals surface area contributed by atoms with E-state index in [4.69, 9.17) is 5.26 Å². The summed E-state index contributed by atoms with van der Waals surface area (Å²) in [4.78, 5) is 0. The summed E-state index contributed by atoms with van der Waals surface area (Å²) in [6, 6.07) is 7.68. The van der Waals surface area contributed by atoms with E-state index in [1.807, 2.05) is 25.1 Å². The largest absolute Gasteiger partial charge is 0.183 e. The van der Waals surface area contributed by atoms with Crippen molar-refractivity contribution in [1.29, 1.82) is 5.26 Å². The van der Waals surface area contributed by atoms with E-state index in [2.05, 4.69) is 34.4 Å². The second kappa shape index (κ2) is 4.13. The molecule has 0 unspecified atom stereocenters.